The topological polar surface area (TPSA) is 71.4 Å². The Hall–Kier alpha value is -1.31. The molecular weight excluding hydrogens is 282 g/mol. The minimum absolute atomic E-state index is 0.0476. The van der Waals surface area contributed by atoms with Gasteiger partial charge in [0.15, 0.2) is 5.15 Å². The van der Waals surface area contributed by atoms with Crippen LogP contribution >= 0.6 is 11.6 Å². The number of nitrogens with zero attached hydrogens (tertiary/aromatic N) is 3. The fraction of sp³-hybridized carbons (Fsp3) is 0.667. The molecule has 7 nitrogen and oxygen atoms in total. The van der Waals surface area contributed by atoms with Crippen molar-refractivity contribution in [3.63, 3.8) is 0 Å². The van der Waals surface area contributed by atoms with Gasteiger partial charge in [-0.05, 0) is 0 Å². The molecule has 1 fully saturated rings. The monoisotopic (exact) mass is 301 g/mol. The molecule has 2 heterocycles. The fourth-order valence-electron chi connectivity index (χ4n) is 2.10. The predicted molar refractivity (Wildman–Crippen MR) is 77.0 cm³/mol. The van der Waals surface area contributed by atoms with Crippen LogP contribution in [-0.4, -0.2) is 55.4 Å². The van der Waals surface area contributed by atoms with E-state index >= 15 is 0 Å². The smallest absolute Gasteiger partial charge is 0.239 e. The van der Waals surface area contributed by atoms with Crippen molar-refractivity contribution in [2.75, 3.05) is 38.8 Å². The summed E-state index contributed by atoms with van der Waals surface area (Å²) in [6.07, 6.45) is 0. The average Bonchev–Trinajstić information content (AvgIpc) is 2.56. The van der Waals surface area contributed by atoms with Gasteiger partial charge < -0.3 is 19.5 Å². The third-order valence-corrected chi connectivity index (χ3v) is 3.51. The van der Waals surface area contributed by atoms with Crippen molar-refractivity contribution in [2.45, 2.75) is 12.6 Å². The number of halogens is 1. The minimum atomic E-state index is -0.369. The summed E-state index contributed by atoms with van der Waals surface area (Å²) in [7, 11) is 5.71. The molecule has 1 unspecified atom stereocenters. The van der Waals surface area contributed by atoms with Gasteiger partial charge in [0.05, 0.1) is 18.9 Å². The minimum Gasteiger partial charge on any atom is -0.377 e. The molecule has 20 heavy (non-hydrogen) atoms. The molecule has 1 saturated heterocycles. The van der Waals surface area contributed by atoms with Crippen LogP contribution in [0.2, 0.25) is 5.15 Å². The summed E-state index contributed by atoms with van der Waals surface area (Å²) in [4.78, 5) is 18.0. The highest BCUT2D eigenvalue weighted by atomic mass is 35.5. The molecule has 8 heteroatoms. The van der Waals surface area contributed by atoms with Crippen LogP contribution in [0.4, 0.5) is 5.95 Å². The Kier molecular flexibility index (Phi) is 4.85. The van der Waals surface area contributed by atoms with Crippen LogP contribution in [0.3, 0.4) is 0 Å². The average molecular weight is 302 g/mol. The summed E-state index contributed by atoms with van der Waals surface area (Å²) < 4.78 is 7.27. The summed E-state index contributed by atoms with van der Waals surface area (Å²) in [5.74, 6) is 0.724. The zero-order valence-corrected chi connectivity index (χ0v) is 12.7. The van der Waals surface area contributed by atoms with Gasteiger partial charge in [-0.25, -0.2) is 4.98 Å². The Balaban J connectivity index is 2.05. The molecule has 0 saturated carbocycles. The Bertz CT molecular complexity index is 488. The number of ether oxygens (including phenoxy) is 1. The van der Waals surface area contributed by atoms with Crippen molar-refractivity contribution in [3.8, 4) is 0 Å². The van der Waals surface area contributed by atoms with Gasteiger partial charge in [0.1, 0.15) is 6.04 Å². The van der Waals surface area contributed by atoms with Crippen molar-refractivity contribution >= 4 is 23.5 Å². The summed E-state index contributed by atoms with van der Waals surface area (Å²) in [5, 5.41) is 6.40. The highest BCUT2D eigenvalue weighted by Gasteiger charge is 2.22. The second kappa shape index (κ2) is 6.43. The van der Waals surface area contributed by atoms with Gasteiger partial charge in [-0.1, -0.05) is 11.6 Å². The van der Waals surface area contributed by atoms with Crippen molar-refractivity contribution in [2.24, 2.45) is 7.05 Å². The highest BCUT2D eigenvalue weighted by molar-refractivity contribution is 6.30. The largest absolute Gasteiger partial charge is 0.377 e. The summed E-state index contributed by atoms with van der Waals surface area (Å²) in [6.45, 7) is 1.91. The van der Waals surface area contributed by atoms with E-state index in [4.69, 9.17) is 16.3 Å². The molecule has 112 valence electrons. The van der Waals surface area contributed by atoms with Crippen molar-refractivity contribution in [1.29, 1.82) is 0 Å². The molecule has 0 aliphatic carbocycles. The molecule has 1 amide bonds. The van der Waals surface area contributed by atoms with Crippen LogP contribution in [0, 0.1) is 0 Å². The second-order valence-electron chi connectivity index (χ2n) is 4.90. The van der Waals surface area contributed by atoms with E-state index in [1.165, 1.54) is 0 Å². The van der Waals surface area contributed by atoms with E-state index in [9.17, 15) is 4.79 Å². The van der Waals surface area contributed by atoms with Gasteiger partial charge in [0.25, 0.3) is 0 Å². The van der Waals surface area contributed by atoms with Gasteiger partial charge in [0, 0.05) is 34.2 Å². The number of hydrogen-bond acceptors (Lipinski definition) is 5. The number of imidazole rings is 1. The van der Waals surface area contributed by atoms with E-state index in [0.29, 0.717) is 31.5 Å². The highest BCUT2D eigenvalue weighted by Crippen LogP contribution is 2.21. The maximum Gasteiger partial charge on any atom is 0.239 e. The number of aromatic nitrogens is 2. The zero-order valence-electron chi connectivity index (χ0n) is 11.9. The Morgan fingerprint density at radius 2 is 2.35 bits per heavy atom. The van der Waals surface area contributed by atoms with Gasteiger partial charge in [-0.15, -0.1) is 0 Å². The summed E-state index contributed by atoms with van der Waals surface area (Å²) >= 11 is 6.15. The fourth-order valence-corrected chi connectivity index (χ4v) is 2.37. The normalized spacial score (nSPS) is 19.6. The quantitative estimate of drug-likeness (QED) is 0.802. The number of hydrogen-bond donors (Lipinski definition) is 2. The molecule has 1 atom stereocenters. The maximum absolute atomic E-state index is 11.8. The predicted octanol–water partition coefficient (Wildman–Crippen LogP) is -0.256. The lowest BCUT2D eigenvalue weighted by atomic mass is 10.3. The second-order valence-corrected chi connectivity index (χ2v) is 5.26. The number of nitrogens with one attached hydrogen (secondary N) is 2. The molecule has 0 radical (unpaired) electrons. The standard InChI is InChI=1S/C12H20ClN5O2/c1-17(2)12-16-10(13)9(18(12)3)6-15-8-7-20-5-4-14-11(8)19/h8,15H,4-7H2,1-3H3,(H,14,19). The lowest BCUT2D eigenvalue weighted by molar-refractivity contribution is -0.123. The van der Waals surface area contributed by atoms with Gasteiger partial charge in [0.2, 0.25) is 11.9 Å². The summed E-state index contributed by atoms with van der Waals surface area (Å²) in [5.41, 5.74) is 0.840. The first-order valence-electron chi connectivity index (χ1n) is 6.48. The van der Waals surface area contributed by atoms with Crippen LogP contribution < -0.4 is 15.5 Å². The van der Waals surface area contributed by atoms with Gasteiger partial charge in [-0.2, -0.15) is 0 Å². The van der Waals surface area contributed by atoms with Crippen LogP contribution in [0.25, 0.3) is 0 Å². The third-order valence-electron chi connectivity index (χ3n) is 3.20. The van der Waals surface area contributed by atoms with Crippen LogP contribution in [-0.2, 0) is 23.1 Å². The van der Waals surface area contributed by atoms with Crippen LogP contribution in [0.1, 0.15) is 5.69 Å². The Labute approximate surface area is 123 Å². The SMILES string of the molecule is CN(C)c1nc(Cl)c(CNC2COCCNC2=O)n1C. The zero-order chi connectivity index (χ0) is 14.7. The van der Waals surface area contributed by atoms with E-state index in [-0.39, 0.29) is 11.9 Å². The molecular formula is C12H20ClN5O2. The van der Waals surface area contributed by atoms with Crippen molar-refractivity contribution < 1.29 is 9.53 Å². The van der Waals surface area contributed by atoms with E-state index in [1.54, 1.807) is 0 Å². The first kappa shape index (κ1) is 15.1. The Morgan fingerprint density at radius 1 is 1.60 bits per heavy atom. The molecule has 1 aromatic heterocycles. The third kappa shape index (κ3) is 3.23. The summed E-state index contributed by atoms with van der Waals surface area (Å²) in [6, 6.07) is -0.369. The van der Waals surface area contributed by atoms with Crippen LogP contribution in [0.15, 0.2) is 0 Å². The first-order chi connectivity index (χ1) is 9.50. The van der Waals surface area contributed by atoms with E-state index < -0.39 is 0 Å². The molecule has 1 aliphatic rings. The maximum atomic E-state index is 11.8. The van der Waals surface area contributed by atoms with Crippen LogP contribution in [0.5, 0.6) is 0 Å². The van der Waals surface area contributed by atoms with Gasteiger partial charge >= 0.3 is 0 Å². The number of carbonyl (C=O) groups excluding carboxylic acids is 1. The van der Waals surface area contributed by atoms with E-state index in [2.05, 4.69) is 15.6 Å². The number of carbonyl (C=O) groups is 1. The lowest BCUT2D eigenvalue weighted by Gasteiger charge is -2.16. The molecule has 0 aromatic carbocycles. The molecule has 1 aromatic rings. The Morgan fingerprint density at radius 3 is 3.00 bits per heavy atom. The van der Waals surface area contributed by atoms with Crippen molar-refractivity contribution in [1.82, 2.24) is 20.2 Å². The lowest BCUT2D eigenvalue weighted by Crippen LogP contribution is -2.45. The number of anilines is 1. The molecule has 2 rings (SSSR count). The molecule has 0 spiro atoms. The van der Waals surface area contributed by atoms with Gasteiger partial charge in [-0.3, -0.25) is 10.1 Å². The molecule has 0 bridgehead atoms. The number of rotatable bonds is 4. The molecule has 1 aliphatic heterocycles. The van der Waals surface area contributed by atoms with E-state index in [0.717, 1.165) is 11.6 Å². The molecule has 2 N–H and O–H groups in total. The van der Waals surface area contributed by atoms with Crippen molar-refractivity contribution in [3.05, 3.63) is 10.8 Å². The number of amides is 1. The first-order valence-corrected chi connectivity index (χ1v) is 6.85. The van der Waals surface area contributed by atoms with E-state index in [1.807, 2.05) is 30.6 Å².